The maximum Gasteiger partial charge on any atom is 0.317 e. The third-order valence-electron chi connectivity index (χ3n) is 4.45. The van der Waals surface area contributed by atoms with Crippen LogP contribution in [0.15, 0.2) is 30.2 Å². The van der Waals surface area contributed by atoms with Crippen molar-refractivity contribution in [1.82, 2.24) is 20.9 Å². The molecule has 1 saturated heterocycles. The second-order valence-electron chi connectivity index (χ2n) is 6.89. The van der Waals surface area contributed by atoms with Gasteiger partial charge in [-0.1, -0.05) is 12.1 Å². The van der Waals surface area contributed by atoms with Gasteiger partial charge in [-0.15, -0.1) is 17.9 Å². The molecule has 0 radical (unpaired) electrons. The predicted molar refractivity (Wildman–Crippen MR) is 107 cm³/mol. The van der Waals surface area contributed by atoms with E-state index >= 15 is 0 Å². The summed E-state index contributed by atoms with van der Waals surface area (Å²) in [6.07, 6.45) is 2.92. The summed E-state index contributed by atoms with van der Waals surface area (Å²) < 4.78 is 0. The monoisotopic (exact) mass is 392 g/mol. The molecule has 0 saturated carbocycles. The van der Waals surface area contributed by atoms with Crippen LogP contribution in [0.4, 0.5) is 4.79 Å². The Morgan fingerprint density at radius 1 is 1.30 bits per heavy atom. The van der Waals surface area contributed by atoms with Gasteiger partial charge >= 0.3 is 6.03 Å². The fourth-order valence-electron chi connectivity index (χ4n) is 3.07. The van der Waals surface area contributed by atoms with E-state index in [0.717, 1.165) is 0 Å². The van der Waals surface area contributed by atoms with Crippen molar-refractivity contribution < 1.29 is 14.4 Å². The highest BCUT2D eigenvalue weighted by Crippen LogP contribution is 2.22. The van der Waals surface area contributed by atoms with Crippen LogP contribution in [0.2, 0.25) is 0 Å². The van der Waals surface area contributed by atoms with Crippen molar-refractivity contribution in [2.45, 2.75) is 38.8 Å². The summed E-state index contributed by atoms with van der Waals surface area (Å²) >= 11 is 1.34. The van der Waals surface area contributed by atoms with E-state index < -0.39 is 6.04 Å². The molecule has 1 atom stereocenters. The summed E-state index contributed by atoms with van der Waals surface area (Å²) in [6, 6.07) is 2.90. The van der Waals surface area contributed by atoms with Crippen LogP contribution < -0.4 is 16.0 Å². The lowest BCUT2D eigenvalue weighted by Gasteiger charge is -2.36. The van der Waals surface area contributed by atoms with Crippen LogP contribution in [0.3, 0.4) is 0 Å². The van der Waals surface area contributed by atoms with Crippen LogP contribution >= 0.6 is 11.3 Å². The smallest absolute Gasteiger partial charge is 0.317 e. The third-order valence-corrected chi connectivity index (χ3v) is 5.31. The lowest BCUT2D eigenvalue weighted by atomic mass is 9.88. The molecule has 2 heterocycles. The van der Waals surface area contributed by atoms with Gasteiger partial charge < -0.3 is 20.9 Å². The Hall–Kier alpha value is -2.35. The van der Waals surface area contributed by atoms with E-state index in [4.69, 9.17) is 0 Å². The quantitative estimate of drug-likeness (QED) is 0.620. The molecule has 3 N–H and O–H groups in total. The molecule has 2 rings (SSSR count). The number of hydrogen-bond acceptors (Lipinski definition) is 4. The molecule has 0 bridgehead atoms. The fraction of sp³-hybridized carbons (Fsp3) is 0.526. The maximum absolute atomic E-state index is 12.6. The molecule has 1 aliphatic heterocycles. The molecule has 148 valence electrons. The second-order valence-corrected chi connectivity index (χ2v) is 7.84. The first-order valence-corrected chi connectivity index (χ1v) is 10.1. The number of urea groups is 1. The van der Waals surface area contributed by atoms with E-state index in [2.05, 4.69) is 22.5 Å². The number of carbonyl (C=O) groups is 3. The topological polar surface area (TPSA) is 90.5 Å². The zero-order valence-corrected chi connectivity index (χ0v) is 16.7. The summed E-state index contributed by atoms with van der Waals surface area (Å²) in [7, 11) is 0. The molecule has 7 nitrogen and oxygen atoms in total. The van der Waals surface area contributed by atoms with Gasteiger partial charge in [0, 0.05) is 25.7 Å². The Kier molecular flexibility index (Phi) is 7.84. The van der Waals surface area contributed by atoms with Gasteiger partial charge in [0.05, 0.1) is 4.88 Å². The first-order chi connectivity index (χ1) is 12.9. The van der Waals surface area contributed by atoms with E-state index in [1.54, 1.807) is 23.1 Å². The van der Waals surface area contributed by atoms with Crippen LogP contribution in [-0.2, 0) is 4.79 Å². The standard InChI is InChI=1S/C19H28N4O3S/c1-4-9-20-18(25)16(22-17(24)15-6-5-12-27-15)14-7-10-23(11-8-14)19(26)21-13(2)3/h4-6,12-14,16H,1,7-11H2,2-3H3,(H,20,25)(H,21,26)(H,22,24). The number of hydrogen-bond donors (Lipinski definition) is 3. The van der Waals surface area contributed by atoms with Crippen molar-refractivity contribution in [2.24, 2.45) is 5.92 Å². The minimum atomic E-state index is -0.630. The first kappa shape index (κ1) is 21.0. The molecular weight excluding hydrogens is 364 g/mol. The van der Waals surface area contributed by atoms with E-state index in [1.165, 1.54) is 11.3 Å². The third kappa shape index (κ3) is 6.09. The van der Waals surface area contributed by atoms with E-state index in [0.29, 0.717) is 37.4 Å². The van der Waals surface area contributed by atoms with Gasteiger partial charge in [-0.25, -0.2) is 4.79 Å². The van der Waals surface area contributed by atoms with Gasteiger partial charge in [0.25, 0.3) is 5.91 Å². The van der Waals surface area contributed by atoms with E-state index in [1.807, 2.05) is 19.2 Å². The van der Waals surface area contributed by atoms with Crippen molar-refractivity contribution in [3.8, 4) is 0 Å². The number of nitrogens with zero attached hydrogens (tertiary/aromatic N) is 1. The minimum absolute atomic E-state index is 0.0261. The zero-order chi connectivity index (χ0) is 19.8. The van der Waals surface area contributed by atoms with Crippen molar-refractivity contribution in [3.63, 3.8) is 0 Å². The highest BCUT2D eigenvalue weighted by Gasteiger charge is 2.34. The number of likely N-dealkylation sites (tertiary alicyclic amines) is 1. The Labute approximate surface area is 164 Å². The summed E-state index contributed by atoms with van der Waals surface area (Å²) in [5.41, 5.74) is 0. The largest absolute Gasteiger partial charge is 0.351 e. The summed E-state index contributed by atoms with van der Waals surface area (Å²) in [5.74, 6) is -0.490. The predicted octanol–water partition coefficient (Wildman–Crippen LogP) is 1.98. The second kappa shape index (κ2) is 10.1. The van der Waals surface area contributed by atoms with Gasteiger partial charge in [0.15, 0.2) is 0 Å². The molecule has 0 spiro atoms. The molecule has 27 heavy (non-hydrogen) atoms. The fourth-order valence-corrected chi connectivity index (χ4v) is 3.70. The summed E-state index contributed by atoms with van der Waals surface area (Å²) in [6.45, 7) is 8.91. The molecule has 1 unspecified atom stereocenters. The Morgan fingerprint density at radius 3 is 2.56 bits per heavy atom. The van der Waals surface area contributed by atoms with Gasteiger partial charge in [-0.05, 0) is 44.1 Å². The number of amides is 4. The Bertz CT molecular complexity index is 652. The lowest BCUT2D eigenvalue weighted by molar-refractivity contribution is -0.124. The molecule has 1 aliphatic rings. The van der Waals surface area contributed by atoms with Gasteiger partial charge in [0.1, 0.15) is 6.04 Å². The minimum Gasteiger partial charge on any atom is -0.351 e. The number of nitrogens with one attached hydrogen (secondary N) is 3. The van der Waals surface area contributed by atoms with Crippen LogP contribution in [0.1, 0.15) is 36.4 Å². The maximum atomic E-state index is 12.6. The van der Waals surface area contributed by atoms with Crippen molar-refractivity contribution >= 4 is 29.2 Å². The molecule has 1 aromatic rings. The highest BCUT2D eigenvalue weighted by atomic mass is 32.1. The van der Waals surface area contributed by atoms with Crippen LogP contribution in [0, 0.1) is 5.92 Å². The number of rotatable bonds is 7. The molecule has 0 aromatic carbocycles. The molecule has 4 amide bonds. The van der Waals surface area contributed by atoms with Crippen LogP contribution in [0.5, 0.6) is 0 Å². The van der Waals surface area contributed by atoms with Crippen molar-refractivity contribution in [3.05, 3.63) is 35.0 Å². The molecule has 8 heteroatoms. The van der Waals surface area contributed by atoms with Crippen LogP contribution in [-0.4, -0.2) is 54.5 Å². The SMILES string of the molecule is C=CCNC(=O)C(NC(=O)c1cccs1)C1CCN(C(=O)NC(C)C)CC1. The lowest BCUT2D eigenvalue weighted by Crippen LogP contribution is -2.54. The van der Waals surface area contributed by atoms with E-state index in [-0.39, 0.29) is 29.8 Å². The normalized spacial score (nSPS) is 15.9. The number of carbonyl (C=O) groups excluding carboxylic acids is 3. The van der Waals surface area contributed by atoms with Gasteiger partial charge in [-0.3, -0.25) is 9.59 Å². The zero-order valence-electron chi connectivity index (χ0n) is 15.9. The molecule has 1 aromatic heterocycles. The summed E-state index contributed by atoms with van der Waals surface area (Å²) in [4.78, 5) is 39.5. The average molecular weight is 393 g/mol. The molecule has 0 aliphatic carbocycles. The molecule has 1 fully saturated rings. The Balaban J connectivity index is 2.01. The number of piperidine rings is 1. The first-order valence-electron chi connectivity index (χ1n) is 9.20. The Morgan fingerprint density at radius 2 is 2.00 bits per heavy atom. The van der Waals surface area contributed by atoms with Crippen LogP contribution in [0.25, 0.3) is 0 Å². The van der Waals surface area contributed by atoms with Crippen molar-refractivity contribution in [1.29, 1.82) is 0 Å². The molecular formula is C19H28N4O3S. The summed E-state index contributed by atoms with van der Waals surface area (Å²) in [5, 5.41) is 10.4. The van der Waals surface area contributed by atoms with Gasteiger partial charge in [-0.2, -0.15) is 0 Å². The highest BCUT2D eigenvalue weighted by molar-refractivity contribution is 7.12. The van der Waals surface area contributed by atoms with Gasteiger partial charge in [0.2, 0.25) is 5.91 Å². The average Bonchev–Trinajstić information content (AvgIpc) is 3.18. The van der Waals surface area contributed by atoms with E-state index in [9.17, 15) is 14.4 Å². The number of thiophene rings is 1. The van der Waals surface area contributed by atoms with Crippen molar-refractivity contribution in [2.75, 3.05) is 19.6 Å².